The number of ether oxygens (including phenoxy) is 1. The Morgan fingerprint density at radius 1 is 1.20 bits per heavy atom. The highest BCUT2D eigenvalue weighted by molar-refractivity contribution is 6.31. The first kappa shape index (κ1) is 26.3. The van der Waals surface area contributed by atoms with Crippen molar-refractivity contribution in [2.75, 3.05) is 18.5 Å². The van der Waals surface area contributed by atoms with Gasteiger partial charge < -0.3 is 14.9 Å². The molecule has 0 spiro atoms. The Bertz CT molecular complexity index is 1180. The van der Waals surface area contributed by atoms with Crippen LogP contribution in [0.1, 0.15) is 18.9 Å². The van der Waals surface area contributed by atoms with E-state index >= 15 is 0 Å². The largest absolute Gasteiger partial charge is 0.447 e. The van der Waals surface area contributed by atoms with Gasteiger partial charge in [0.25, 0.3) is 0 Å². The third kappa shape index (κ3) is 7.33. The lowest BCUT2D eigenvalue weighted by Crippen LogP contribution is -2.52. The number of aliphatic hydroxyl groups excluding tert-OH is 2. The van der Waals surface area contributed by atoms with Crippen LogP contribution in [-0.2, 0) is 16.1 Å². The first-order valence-corrected chi connectivity index (χ1v) is 11.2. The fourth-order valence-electron chi connectivity index (χ4n) is 3.45. The van der Waals surface area contributed by atoms with Crippen LogP contribution in [0, 0.1) is 5.82 Å². The average molecular weight is 505 g/mol. The second-order valence-corrected chi connectivity index (χ2v) is 8.18. The Morgan fingerprint density at radius 3 is 2.66 bits per heavy atom. The summed E-state index contributed by atoms with van der Waals surface area (Å²) in [5, 5.41) is 24.6. The summed E-state index contributed by atoms with van der Waals surface area (Å²) in [4.78, 5) is 28.9. The monoisotopic (exact) mass is 504 g/mol. The molecule has 0 fully saturated rings. The number of carbonyl (C=O) groups is 2. The number of amides is 2. The number of hydrogen-bond donors (Lipinski definition) is 4. The molecule has 2 aromatic carbocycles. The molecule has 186 valence electrons. The normalized spacial score (nSPS) is 12.7. The smallest absolute Gasteiger partial charge is 0.412 e. The zero-order chi connectivity index (χ0) is 25.4. The van der Waals surface area contributed by atoms with Gasteiger partial charge in [-0.3, -0.25) is 15.1 Å². The zero-order valence-corrected chi connectivity index (χ0v) is 19.7. The van der Waals surface area contributed by atoms with Gasteiger partial charge in [-0.25, -0.2) is 19.6 Å². The molecule has 0 unspecified atom stereocenters. The molecule has 2 amide bonds. The summed E-state index contributed by atoms with van der Waals surface area (Å²) >= 11 is 5.98. The third-order valence-corrected chi connectivity index (χ3v) is 5.62. The van der Waals surface area contributed by atoms with E-state index in [0.29, 0.717) is 5.56 Å². The van der Waals surface area contributed by atoms with E-state index in [2.05, 4.69) is 15.7 Å². The number of hydrogen-bond acceptors (Lipinski definition) is 7. The number of aromatic nitrogens is 1. The van der Waals surface area contributed by atoms with Crippen molar-refractivity contribution in [3.8, 4) is 0 Å². The van der Waals surface area contributed by atoms with Crippen molar-refractivity contribution in [3.05, 3.63) is 71.1 Å². The van der Waals surface area contributed by atoms with Crippen molar-refractivity contribution >= 4 is 40.2 Å². The zero-order valence-electron chi connectivity index (χ0n) is 18.9. The van der Waals surface area contributed by atoms with Gasteiger partial charge in [0, 0.05) is 31.5 Å². The maximum Gasteiger partial charge on any atom is 0.412 e. The number of benzene rings is 2. The maximum atomic E-state index is 13.7. The Balaban J connectivity index is 1.67. The van der Waals surface area contributed by atoms with E-state index < -0.39 is 36.6 Å². The quantitative estimate of drug-likeness (QED) is 0.312. The van der Waals surface area contributed by atoms with Crippen molar-refractivity contribution in [2.24, 2.45) is 0 Å². The van der Waals surface area contributed by atoms with Crippen LogP contribution in [0.4, 0.5) is 15.0 Å². The lowest BCUT2D eigenvalue weighted by atomic mass is 10.1. The summed E-state index contributed by atoms with van der Waals surface area (Å²) in [6, 6.07) is 12.6. The Morgan fingerprint density at radius 2 is 1.94 bits per heavy atom. The van der Waals surface area contributed by atoms with Crippen LogP contribution < -0.4 is 10.7 Å². The van der Waals surface area contributed by atoms with Crippen LogP contribution in [-0.4, -0.2) is 57.6 Å². The van der Waals surface area contributed by atoms with Gasteiger partial charge in [-0.15, -0.1) is 0 Å². The average Bonchev–Trinajstić information content (AvgIpc) is 2.84. The Hall–Kier alpha value is -3.31. The minimum atomic E-state index is -1.17. The molecule has 0 bridgehead atoms. The Labute approximate surface area is 206 Å². The number of nitrogens with zero attached hydrogens (tertiary/aromatic N) is 2. The molecule has 0 aliphatic rings. The number of rotatable bonds is 10. The van der Waals surface area contributed by atoms with Gasteiger partial charge in [0.1, 0.15) is 18.2 Å². The molecular formula is C24H26ClFN4O5. The molecule has 2 atom stereocenters. The van der Waals surface area contributed by atoms with Gasteiger partial charge in [0.15, 0.2) is 0 Å². The number of nitrogens with one attached hydrogen (secondary N) is 2. The van der Waals surface area contributed by atoms with E-state index in [1.165, 1.54) is 19.1 Å². The first-order chi connectivity index (χ1) is 16.8. The second kappa shape index (κ2) is 12.4. The molecule has 0 saturated heterocycles. The summed E-state index contributed by atoms with van der Waals surface area (Å²) in [5.41, 5.74) is 3.25. The van der Waals surface area contributed by atoms with Crippen LogP contribution in [0.3, 0.4) is 0 Å². The van der Waals surface area contributed by atoms with Gasteiger partial charge in [0.2, 0.25) is 5.91 Å². The second-order valence-electron chi connectivity index (χ2n) is 7.80. The Kier molecular flexibility index (Phi) is 9.32. The summed E-state index contributed by atoms with van der Waals surface area (Å²) in [7, 11) is 0. The maximum absolute atomic E-state index is 13.7. The molecule has 0 aliphatic carbocycles. The number of pyridine rings is 1. The van der Waals surface area contributed by atoms with Crippen LogP contribution >= 0.6 is 11.6 Å². The lowest BCUT2D eigenvalue weighted by Gasteiger charge is -2.32. The molecule has 9 nitrogen and oxygen atoms in total. The van der Waals surface area contributed by atoms with Crippen molar-refractivity contribution in [2.45, 2.75) is 32.0 Å². The summed E-state index contributed by atoms with van der Waals surface area (Å²) < 4.78 is 19.0. The number of hydrazine groups is 1. The molecule has 1 aromatic heterocycles. The summed E-state index contributed by atoms with van der Waals surface area (Å²) in [5.74, 6) is -0.772. The van der Waals surface area contributed by atoms with Crippen LogP contribution in [0.25, 0.3) is 10.8 Å². The summed E-state index contributed by atoms with van der Waals surface area (Å²) in [6.07, 6.45) is -0.464. The van der Waals surface area contributed by atoms with E-state index in [1.807, 2.05) is 24.3 Å². The van der Waals surface area contributed by atoms with E-state index in [-0.39, 0.29) is 30.4 Å². The topological polar surface area (TPSA) is 124 Å². The molecule has 0 aliphatic heterocycles. The first-order valence-electron chi connectivity index (χ1n) is 10.8. The molecule has 3 aromatic rings. The molecule has 0 saturated carbocycles. The lowest BCUT2D eigenvalue weighted by molar-refractivity contribution is -0.137. The van der Waals surface area contributed by atoms with Gasteiger partial charge in [-0.1, -0.05) is 48.0 Å². The molecule has 0 radical (unpaired) electrons. The van der Waals surface area contributed by atoms with Crippen molar-refractivity contribution in [1.29, 1.82) is 0 Å². The van der Waals surface area contributed by atoms with Crippen LogP contribution in [0.5, 0.6) is 0 Å². The molecule has 11 heteroatoms. The molecular weight excluding hydrogens is 479 g/mol. The van der Waals surface area contributed by atoms with Crippen molar-refractivity contribution < 1.29 is 28.9 Å². The van der Waals surface area contributed by atoms with Gasteiger partial charge in [0.05, 0.1) is 23.8 Å². The van der Waals surface area contributed by atoms with Gasteiger partial charge >= 0.3 is 6.09 Å². The molecule has 1 heterocycles. The number of anilines is 1. The van der Waals surface area contributed by atoms with E-state index in [4.69, 9.17) is 16.3 Å². The van der Waals surface area contributed by atoms with Crippen LogP contribution in [0.2, 0.25) is 5.02 Å². The highest BCUT2D eigenvalue weighted by Gasteiger charge is 2.26. The molecule has 4 N–H and O–H groups in total. The van der Waals surface area contributed by atoms with E-state index in [9.17, 15) is 24.2 Å². The SMILES string of the molecule is CC(=O)N(NCc1cccc(F)c1Cl)[C@H](COC(=O)Nc1cc2ccccc2cn1)C[C@@H](O)CO. The third-order valence-electron chi connectivity index (χ3n) is 5.20. The molecule has 35 heavy (non-hydrogen) atoms. The number of halogens is 2. The summed E-state index contributed by atoms with van der Waals surface area (Å²) in [6.45, 7) is 0.414. The standard InChI is InChI=1S/C24H26ClFN4O5/c1-15(32)30(28-12-18-7-4-8-21(26)23(18)25)19(10-20(33)13-31)14-35-24(34)29-22-9-16-5-2-3-6-17(16)11-27-22/h2-9,11,19-20,28,31,33H,10,12-14H2,1H3,(H,27,29,34)/t19-,20+/m0/s1. The van der Waals surface area contributed by atoms with Crippen LogP contribution in [0.15, 0.2) is 54.7 Å². The minimum absolute atomic E-state index is 0.00486. The number of carbonyl (C=O) groups excluding carboxylic acids is 2. The van der Waals surface area contributed by atoms with E-state index in [0.717, 1.165) is 15.8 Å². The molecule has 3 rings (SSSR count). The number of aliphatic hydroxyl groups is 2. The number of fused-ring (bicyclic) bond motifs is 1. The van der Waals surface area contributed by atoms with Gasteiger partial charge in [-0.05, 0) is 23.1 Å². The minimum Gasteiger partial charge on any atom is -0.447 e. The predicted octanol–water partition coefficient (Wildman–Crippen LogP) is 3.24. The van der Waals surface area contributed by atoms with Crippen molar-refractivity contribution in [1.82, 2.24) is 15.4 Å². The van der Waals surface area contributed by atoms with Gasteiger partial charge in [-0.2, -0.15) is 0 Å². The highest BCUT2D eigenvalue weighted by Crippen LogP contribution is 2.20. The van der Waals surface area contributed by atoms with E-state index in [1.54, 1.807) is 18.3 Å². The fourth-order valence-corrected chi connectivity index (χ4v) is 3.65. The predicted molar refractivity (Wildman–Crippen MR) is 129 cm³/mol. The van der Waals surface area contributed by atoms with Crippen molar-refractivity contribution in [3.63, 3.8) is 0 Å². The fraction of sp³-hybridized carbons (Fsp3) is 0.292. The highest BCUT2D eigenvalue weighted by atomic mass is 35.5.